The maximum atomic E-state index is 11.9. The predicted octanol–water partition coefficient (Wildman–Crippen LogP) is 2.00. The van der Waals surface area contributed by atoms with Crippen molar-refractivity contribution < 1.29 is 9.90 Å². The molecule has 2 bridgehead atoms. The molecule has 0 heterocycles. The molecule has 0 aromatic heterocycles. The number of carbonyl (C=O) groups is 1. The third kappa shape index (κ3) is 3.72. The zero-order valence-corrected chi connectivity index (χ0v) is 11.7. The summed E-state index contributed by atoms with van der Waals surface area (Å²) in [6.07, 6.45) is 8.41. The van der Waals surface area contributed by atoms with Gasteiger partial charge in [0.1, 0.15) is 0 Å². The standard InChI is InChI=1S/C15H26N2O2/c1-2-7-17(8-9-18)15(19)16-6-5-14-11-12-3-4-13(14)10-12/h2,12-14,18H,1,3-11H2,(H,16,19). The number of hydrogen-bond donors (Lipinski definition) is 2. The van der Waals surface area contributed by atoms with Crippen LogP contribution in [0.4, 0.5) is 4.79 Å². The minimum Gasteiger partial charge on any atom is -0.395 e. The molecular formula is C15H26N2O2. The van der Waals surface area contributed by atoms with Gasteiger partial charge in [0.2, 0.25) is 0 Å². The van der Waals surface area contributed by atoms with Crippen LogP contribution in [0.2, 0.25) is 0 Å². The number of nitrogens with one attached hydrogen (secondary N) is 1. The van der Waals surface area contributed by atoms with E-state index in [-0.39, 0.29) is 12.6 Å². The van der Waals surface area contributed by atoms with Crippen LogP contribution in [-0.2, 0) is 0 Å². The molecule has 4 heteroatoms. The lowest BCUT2D eigenvalue weighted by Gasteiger charge is -2.24. The maximum absolute atomic E-state index is 11.9. The van der Waals surface area contributed by atoms with E-state index in [0.717, 1.165) is 30.7 Å². The van der Waals surface area contributed by atoms with Crippen LogP contribution in [0.25, 0.3) is 0 Å². The molecule has 19 heavy (non-hydrogen) atoms. The molecule has 2 rings (SSSR count). The van der Waals surface area contributed by atoms with Crippen LogP contribution in [0.1, 0.15) is 32.1 Å². The summed E-state index contributed by atoms with van der Waals surface area (Å²) >= 11 is 0. The second kappa shape index (κ2) is 6.94. The summed E-state index contributed by atoms with van der Waals surface area (Å²) in [7, 11) is 0. The van der Waals surface area contributed by atoms with Crippen molar-refractivity contribution in [3.63, 3.8) is 0 Å². The summed E-state index contributed by atoms with van der Waals surface area (Å²) in [4.78, 5) is 13.5. The fourth-order valence-corrected chi connectivity index (χ4v) is 3.76. The van der Waals surface area contributed by atoms with E-state index in [2.05, 4.69) is 11.9 Å². The molecule has 2 saturated carbocycles. The van der Waals surface area contributed by atoms with Crippen molar-refractivity contribution in [1.29, 1.82) is 0 Å². The fraction of sp³-hybridized carbons (Fsp3) is 0.800. The average Bonchev–Trinajstić information content (AvgIpc) is 3.00. The van der Waals surface area contributed by atoms with Crippen LogP contribution in [0, 0.1) is 17.8 Å². The summed E-state index contributed by atoms with van der Waals surface area (Å²) in [5.41, 5.74) is 0. The van der Waals surface area contributed by atoms with E-state index >= 15 is 0 Å². The molecule has 108 valence electrons. The maximum Gasteiger partial charge on any atom is 0.317 e. The third-order valence-electron chi connectivity index (χ3n) is 4.68. The Balaban J connectivity index is 1.66. The molecule has 0 spiro atoms. The number of aliphatic hydroxyl groups excluding tert-OH is 1. The smallest absolute Gasteiger partial charge is 0.317 e. The van der Waals surface area contributed by atoms with Crippen LogP contribution in [0.15, 0.2) is 12.7 Å². The fourth-order valence-electron chi connectivity index (χ4n) is 3.76. The Kier molecular flexibility index (Phi) is 5.25. The molecule has 4 nitrogen and oxygen atoms in total. The van der Waals surface area contributed by atoms with Gasteiger partial charge in [-0.05, 0) is 43.4 Å². The van der Waals surface area contributed by atoms with E-state index in [1.54, 1.807) is 11.0 Å². The highest BCUT2D eigenvalue weighted by molar-refractivity contribution is 5.74. The van der Waals surface area contributed by atoms with Gasteiger partial charge in [0, 0.05) is 19.6 Å². The number of nitrogens with zero attached hydrogens (tertiary/aromatic N) is 1. The van der Waals surface area contributed by atoms with Crippen molar-refractivity contribution in [2.45, 2.75) is 32.1 Å². The van der Waals surface area contributed by atoms with Gasteiger partial charge in [0.05, 0.1) is 6.61 Å². The average molecular weight is 266 g/mol. The number of hydrogen-bond acceptors (Lipinski definition) is 2. The van der Waals surface area contributed by atoms with Crippen molar-refractivity contribution in [2.24, 2.45) is 17.8 Å². The highest BCUT2D eigenvalue weighted by Gasteiger charge is 2.38. The van der Waals surface area contributed by atoms with Gasteiger partial charge >= 0.3 is 6.03 Å². The number of fused-ring (bicyclic) bond motifs is 2. The first-order valence-corrected chi connectivity index (χ1v) is 7.49. The molecule has 3 unspecified atom stereocenters. The molecule has 0 aromatic carbocycles. The van der Waals surface area contributed by atoms with Crippen molar-refractivity contribution in [2.75, 3.05) is 26.2 Å². The van der Waals surface area contributed by atoms with Gasteiger partial charge in [-0.15, -0.1) is 6.58 Å². The molecule has 3 atom stereocenters. The largest absolute Gasteiger partial charge is 0.395 e. The lowest BCUT2D eigenvalue weighted by atomic mass is 9.86. The van der Waals surface area contributed by atoms with Crippen molar-refractivity contribution in [3.05, 3.63) is 12.7 Å². The van der Waals surface area contributed by atoms with Gasteiger partial charge in [-0.25, -0.2) is 4.79 Å². The van der Waals surface area contributed by atoms with Gasteiger partial charge in [-0.1, -0.05) is 12.5 Å². The Bertz CT molecular complexity index is 319. The summed E-state index contributed by atoms with van der Waals surface area (Å²) in [5.74, 6) is 2.71. The number of amides is 2. The minimum atomic E-state index is -0.0860. The predicted molar refractivity (Wildman–Crippen MR) is 75.8 cm³/mol. The van der Waals surface area contributed by atoms with Crippen LogP contribution in [0.3, 0.4) is 0 Å². The SMILES string of the molecule is C=CCN(CCO)C(=O)NCCC1CC2CCC1C2. The van der Waals surface area contributed by atoms with Gasteiger partial charge < -0.3 is 15.3 Å². The lowest BCUT2D eigenvalue weighted by Crippen LogP contribution is -2.42. The highest BCUT2D eigenvalue weighted by Crippen LogP contribution is 2.49. The van der Waals surface area contributed by atoms with Crippen molar-refractivity contribution >= 4 is 6.03 Å². The zero-order chi connectivity index (χ0) is 13.7. The van der Waals surface area contributed by atoms with Crippen LogP contribution in [0.5, 0.6) is 0 Å². The van der Waals surface area contributed by atoms with Gasteiger partial charge in [-0.2, -0.15) is 0 Å². The summed E-state index contributed by atoms with van der Waals surface area (Å²) in [6.45, 7) is 5.23. The third-order valence-corrected chi connectivity index (χ3v) is 4.68. The Morgan fingerprint density at radius 1 is 1.42 bits per heavy atom. The van der Waals surface area contributed by atoms with E-state index < -0.39 is 0 Å². The Hall–Kier alpha value is -1.03. The second-order valence-corrected chi connectivity index (χ2v) is 5.91. The summed E-state index contributed by atoms with van der Waals surface area (Å²) in [6, 6.07) is -0.0860. The summed E-state index contributed by atoms with van der Waals surface area (Å²) in [5, 5.41) is 11.9. The molecule has 2 aliphatic rings. The number of aliphatic hydroxyl groups is 1. The monoisotopic (exact) mass is 266 g/mol. The van der Waals surface area contributed by atoms with E-state index in [1.165, 1.54) is 25.7 Å². The molecule has 0 saturated heterocycles. The molecule has 0 aromatic rings. The molecule has 2 aliphatic carbocycles. The molecule has 0 aliphatic heterocycles. The number of urea groups is 1. The number of carbonyl (C=O) groups excluding carboxylic acids is 1. The lowest BCUT2D eigenvalue weighted by molar-refractivity contribution is 0.182. The molecule has 2 fully saturated rings. The minimum absolute atomic E-state index is 0.00631. The highest BCUT2D eigenvalue weighted by atomic mass is 16.3. The Morgan fingerprint density at radius 3 is 2.84 bits per heavy atom. The van der Waals surface area contributed by atoms with E-state index in [0.29, 0.717) is 13.1 Å². The molecular weight excluding hydrogens is 240 g/mol. The Labute approximate surface area is 115 Å². The Morgan fingerprint density at radius 2 is 2.26 bits per heavy atom. The summed E-state index contributed by atoms with van der Waals surface area (Å²) < 4.78 is 0. The molecule has 2 N–H and O–H groups in total. The van der Waals surface area contributed by atoms with E-state index in [1.807, 2.05) is 0 Å². The van der Waals surface area contributed by atoms with Crippen LogP contribution in [-0.4, -0.2) is 42.3 Å². The first kappa shape index (κ1) is 14.4. The quantitative estimate of drug-likeness (QED) is 0.693. The second-order valence-electron chi connectivity index (χ2n) is 5.91. The van der Waals surface area contributed by atoms with E-state index in [4.69, 9.17) is 5.11 Å². The topological polar surface area (TPSA) is 52.6 Å². The van der Waals surface area contributed by atoms with Crippen LogP contribution >= 0.6 is 0 Å². The zero-order valence-electron chi connectivity index (χ0n) is 11.7. The van der Waals surface area contributed by atoms with Gasteiger partial charge in [0.15, 0.2) is 0 Å². The number of rotatable bonds is 7. The first-order chi connectivity index (χ1) is 9.24. The van der Waals surface area contributed by atoms with Gasteiger partial charge in [-0.3, -0.25) is 0 Å². The van der Waals surface area contributed by atoms with Gasteiger partial charge in [0.25, 0.3) is 0 Å². The molecule has 2 amide bonds. The van der Waals surface area contributed by atoms with Crippen molar-refractivity contribution in [3.8, 4) is 0 Å². The van der Waals surface area contributed by atoms with E-state index in [9.17, 15) is 4.79 Å². The normalized spacial score (nSPS) is 28.4. The van der Waals surface area contributed by atoms with Crippen LogP contribution < -0.4 is 5.32 Å². The van der Waals surface area contributed by atoms with Crippen molar-refractivity contribution in [1.82, 2.24) is 10.2 Å². The molecule has 0 radical (unpaired) electrons. The first-order valence-electron chi connectivity index (χ1n) is 7.49.